The standard InChI is InChI=1S/C24H30N4O10P2Si/c25-24-26-21(31)18-22(27-24)41(12-28(18)10-14-6-8-16(9-7-14)15-4-2-1-3-5-15)23-20(30)19(29)17(38-23)11-37-40(35,36)13-39(32,33)34/h1-9,17,19-20,23,29-30,41H,10-13H2,(H,35,36)(H2,32,33,34)(H3,25,26,27,31)/t17-,19-,20-,23+,41?/m1/s1. The Bertz CT molecular complexity index is 1500. The smallest absolute Gasteiger partial charge is 0.340 e. The topological polar surface area (TPSA) is 229 Å². The van der Waals surface area contributed by atoms with Crippen molar-refractivity contribution in [3.63, 3.8) is 0 Å². The Morgan fingerprint density at radius 2 is 1.66 bits per heavy atom. The Kier molecular flexibility index (Phi) is 8.38. The van der Waals surface area contributed by atoms with Crippen LogP contribution in [0.5, 0.6) is 5.88 Å². The van der Waals surface area contributed by atoms with Crippen LogP contribution in [0.2, 0.25) is 0 Å². The quantitative estimate of drug-likeness (QED) is 0.121. The molecule has 2 unspecified atom stereocenters. The van der Waals surface area contributed by atoms with E-state index in [4.69, 9.17) is 24.8 Å². The third-order valence-corrected chi connectivity index (χ3v) is 13.8. The van der Waals surface area contributed by atoms with Crippen LogP contribution >= 0.6 is 15.2 Å². The Balaban J connectivity index is 1.34. The Morgan fingerprint density at radius 1 is 1.00 bits per heavy atom. The molecular weight excluding hydrogens is 594 g/mol. The molecule has 0 spiro atoms. The Labute approximate surface area is 236 Å². The molecule has 41 heavy (non-hydrogen) atoms. The van der Waals surface area contributed by atoms with Crippen molar-refractivity contribution in [3.8, 4) is 17.0 Å². The van der Waals surface area contributed by atoms with Crippen molar-refractivity contribution in [1.29, 1.82) is 0 Å². The van der Waals surface area contributed by atoms with Gasteiger partial charge in [-0.3, -0.25) is 9.13 Å². The highest BCUT2D eigenvalue weighted by atomic mass is 31.2. The van der Waals surface area contributed by atoms with E-state index in [0.717, 1.165) is 16.7 Å². The normalized spacial score (nSPS) is 25.7. The minimum absolute atomic E-state index is 0.167. The number of aliphatic hydroxyl groups excluding tert-OH is 2. The molecule has 1 aromatic heterocycles. The van der Waals surface area contributed by atoms with Crippen molar-refractivity contribution < 1.29 is 48.4 Å². The van der Waals surface area contributed by atoms with Gasteiger partial charge in [-0.1, -0.05) is 54.6 Å². The molecule has 0 saturated carbocycles. The number of aromatic hydroxyl groups is 1. The zero-order valence-electron chi connectivity index (χ0n) is 21.5. The van der Waals surface area contributed by atoms with Gasteiger partial charge < -0.3 is 49.9 Å². The molecule has 0 amide bonds. The molecule has 2 aromatic carbocycles. The van der Waals surface area contributed by atoms with Gasteiger partial charge in [0.05, 0.1) is 17.7 Å². The summed E-state index contributed by atoms with van der Waals surface area (Å²) in [5, 5.41) is 32.6. The second-order valence-electron chi connectivity index (χ2n) is 10.0. The van der Waals surface area contributed by atoms with Gasteiger partial charge in [-0.05, 0) is 16.7 Å². The summed E-state index contributed by atoms with van der Waals surface area (Å²) >= 11 is 0. The van der Waals surface area contributed by atoms with E-state index in [9.17, 15) is 29.3 Å². The molecule has 17 heteroatoms. The number of aliphatic hydroxyl groups is 2. The molecule has 0 aliphatic carbocycles. The fourth-order valence-electron chi connectivity index (χ4n) is 5.22. The summed E-state index contributed by atoms with van der Waals surface area (Å²) in [6.07, 6.45) is -3.86. The first kappa shape index (κ1) is 29.8. The first-order chi connectivity index (χ1) is 19.3. The average molecular weight is 625 g/mol. The number of nitrogen functional groups attached to an aromatic ring is 1. The van der Waals surface area contributed by atoms with E-state index in [-0.39, 0.29) is 11.8 Å². The van der Waals surface area contributed by atoms with Crippen molar-refractivity contribution in [3.05, 3.63) is 60.2 Å². The fourth-order valence-corrected chi connectivity index (χ4v) is 11.3. The summed E-state index contributed by atoms with van der Waals surface area (Å²) in [7, 11) is -12.0. The molecule has 6 atom stereocenters. The largest absolute Gasteiger partial charge is 0.492 e. The van der Waals surface area contributed by atoms with Crippen LogP contribution in [0.1, 0.15) is 5.56 Å². The maximum Gasteiger partial charge on any atom is 0.340 e. The molecule has 0 bridgehead atoms. The predicted octanol–water partition coefficient (Wildman–Crippen LogP) is -0.209. The van der Waals surface area contributed by atoms with Crippen LogP contribution in [-0.4, -0.2) is 91.5 Å². The third-order valence-electron chi connectivity index (χ3n) is 7.03. The molecule has 5 rings (SSSR count). The van der Waals surface area contributed by atoms with E-state index >= 15 is 0 Å². The second kappa shape index (κ2) is 11.5. The van der Waals surface area contributed by atoms with Gasteiger partial charge in [-0.25, -0.2) is 4.98 Å². The zero-order chi connectivity index (χ0) is 29.5. The first-order valence-electron chi connectivity index (χ1n) is 12.6. The first-order valence-corrected chi connectivity index (χ1v) is 18.2. The lowest BCUT2D eigenvalue weighted by atomic mass is 10.0. The lowest BCUT2D eigenvalue weighted by Gasteiger charge is -2.23. The number of ether oxygens (including phenoxy) is 1. The number of nitrogens with zero attached hydrogens (tertiary/aromatic N) is 3. The second-order valence-corrected chi connectivity index (χ2v) is 16.8. The van der Waals surface area contributed by atoms with Gasteiger partial charge in [0.1, 0.15) is 24.0 Å². The summed E-state index contributed by atoms with van der Waals surface area (Å²) in [5.41, 5.74) is 8.28. The maximum atomic E-state index is 12.1. The molecule has 1 fully saturated rings. The van der Waals surface area contributed by atoms with Crippen LogP contribution in [0.3, 0.4) is 0 Å². The molecule has 8 N–H and O–H groups in total. The van der Waals surface area contributed by atoms with Gasteiger partial charge in [-0.15, -0.1) is 0 Å². The minimum Gasteiger partial charge on any atom is -0.492 e. The van der Waals surface area contributed by atoms with Crippen LogP contribution < -0.4 is 16.0 Å². The van der Waals surface area contributed by atoms with Crippen LogP contribution in [0.15, 0.2) is 54.6 Å². The van der Waals surface area contributed by atoms with E-state index < -0.39 is 60.5 Å². The summed E-state index contributed by atoms with van der Waals surface area (Å²) in [6.45, 7) is -0.314. The predicted molar refractivity (Wildman–Crippen MR) is 151 cm³/mol. The van der Waals surface area contributed by atoms with E-state index in [1.165, 1.54) is 0 Å². The number of anilines is 2. The van der Waals surface area contributed by atoms with E-state index in [1.807, 2.05) is 59.5 Å². The molecule has 14 nitrogen and oxygen atoms in total. The molecular formula is C24H30N4O10P2Si. The summed E-state index contributed by atoms with van der Waals surface area (Å²) in [4.78, 5) is 37.9. The van der Waals surface area contributed by atoms with Crippen LogP contribution in [0, 0.1) is 0 Å². The minimum atomic E-state index is -4.85. The van der Waals surface area contributed by atoms with E-state index in [1.54, 1.807) is 0 Å². The number of benzene rings is 2. The molecule has 1 saturated heterocycles. The van der Waals surface area contributed by atoms with E-state index in [2.05, 4.69) is 9.97 Å². The zero-order valence-corrected chi connectivity index (χ0v) is 24.5. The summed E-state index contributed by atoms with van der Waals surface area (Å²) in [5.74, 6) is -1.88. The van der Waals surface area contributed by atoms with E-state index in [0.29, 0.717) is 23.7 Å². The van der Waals surface area contributed by atoms with Gasteiger partial charge >= 0.3 is 15.2 Å². The molecule has 3 heterocycles. The van der Waals surface area contributed by atoms with Gasteiger partial charge in [0.15, 0.2) is 14.7 Å². The highest BCUT2D eigenvalue weighted by Gasteiger charge is 2.52. The number of aromatic nitrogens is 2. The summed E-state index contributed by atoms with van der Waals surface area (Å²) < 4.78 is 33.9. The summed E-state index contributed by atoms with van der Waals surface area (Å²) in [6, 6.07) is 17.8. The number of hydrogen-bond donors (Lipinski definition) is 7. The van der Waals surface area contributed by atoms with Gasteiger partial charge in [-0.2, -0.15) is 4.98 Å². The number of hydrogen-bond acceptors (Lipinski definition) is 11. The monoisotopic (exact) mass is 624 g/mol. The highest BCUT2D eigenvalue weighted by Crippen LogP contribution is 2.55. The van der Waals surface area contributed by atoms with Crippen LogP contribution in [-0.2, 0) is 24.9 Å². The Hall–Kier alpha value is -2.68. The lowest BCUT2D eigenvalue weighted by Crippen LogP contribution is -2.51. The molecule has 3 aromatic rings. The average Bonchev–Trinajstić information content (AvgIpc) is 3.39. The van der Waals surface area contributed by atoms with Crippen molar-refractivity contribution in [2.45, 2.75) is 30.6 Å². The highest BCUT2D eigenvalue weighted by molar-refractivity contribution is 7.70. The number of fused-ring (bicyclic) bond motifs is 1. The SMILES string of the molecule is Nc1nc(O)c2c(n1)[SiH]([C@@H]1O[C@H](COP(=O)(O)CP(=O)(O)O)[C@@H](O)[C@H]1O)CN2Cc1ccc(-c2ccccc2)cc1. The molecule has 2 aliphatic rings. The van der Waals surface area contributed by atoms with Crippen LogP contribution in [0.25, 0.3) is 11.1 Å². The van der Waals surface area contributed by atoms with Crippen molar-refractivity contribution in [1.82, 2.24) is 9.97 Å². The van der Waals surface area contributed by atoms with Crippen molar-refractivity contribution >= 4 is 40.9 Å². The van der Waals surface area contributed by atoms with Crippen molar-refractivity contribution in [2.75, 3.05) is 29.3 Å². The van der Waals surface area contributed by atoms with Gasteiger partial charge in [0.2, 0.25) is 11.8 Å². The molecule has 0 radical (unpaired) electrons. The third kappa shape index (κ3) is 6.71. The molecule has 220 valence electrons. The lowest BCUT2D eigenvalue weighted by molar-refractivity contribution is -0.00504. The van der Waals surface area contributed by atoms with Crippen molar-refractivity contribution in [2.24, 2.45) is 0 Å². The van der Waals surface area contributed by atoms with Gasteiger partial charge in [0.25, 0.3) is 0 Å². The maximum absolute atomic E-state index is 12.1. The number of rotatable bonds is 9. The fraction of sp³-hybridized carbons (Fsp3) is 0.333. The number of nitrogens with two attached hydrogens (primary N) is 1. The van der Waals surface area contributed by atoms with Crippen LogP contribution in [0.4, 0.5) is 11.6 Å². The van der Waals surface area contributed by atoms with Gasteiger partial charge in [0, 0.05) is 12.7 Å². The Morgan fingerprint density at radius 3 is 2.32 bits per heavy atom. The molecule has 2 aliphatic heterocycles.